The number of nitrogens with one attached hydrogen (secondary N) is 1. The van der Waals surface area contributed by atoms with E-state index in [-0.39, 0.29) is 0 Å². The maximum atomic E-state index is 4.59. The van der Waals surface area contributed by atoms with E-state index in [4.69, 9.17) is 0 Å². The van der Waals surface area contributed by atoms with Gasteiger partial charge in [-0.25, -0.2) is 4.98 Å². The van der Waals surface area contributed by atoms with Gasteiger partial charge in [0.05, 0.1) is 0 Å². The highest BCUT2D eigenvalue weighted by atomic mass is 15.2. The Hall–Kier alpha value is -1.94. The van der Waals surface area contributed by atoms with Crippen molar-refractivity contribution >= 4 is 5.82 Å². The van der Waals surface area contributed by atoms with Crippen LogP contribution in [0.5, 0.6) is 0 Å². The Kier molecular flexibility index (Phi) is 4.47. The molecule has 0 amide bonds. The smallest absolute Gasteiger partial charge is 0.129 e. The van der Waals surface area contributed by atoms with E-state index >= 15 is 0 Å². The Morgan fingerprint density at radius 2 is 2.11 bits per heavy atom. The Morgan fingerprint density at radius 1 is 1.26 bits per heavy atom. The molecule has 4 heteroatoms. The van der Waals surface area contributed by atoms with Gasteiger partial charge in [-0.15, -0.1) is 0 Å². The number of aryl methyl sites for hydroxylation is 1. The average molecular weight is 256 g/mol. The van der Waals surface area contributed by atoms with Gasteiger partial charge in [-0.3, -0.25) is 4.98 Å². The first-order valence-corrected chi connectivity index (χ1v) is 6.41. The lowest BCUT2D eigenvalue weighted by atomic mass is 10.2. The van der Waals surface area contributed by atoms with E-state index in [0.29, 0.717) is 0 Å². The minimum absolute atomic E-state index is 0.809. The van der Waals surface area contributed by atoms with Crippen LogP contribution in [0.25, 0.3) is 0 Å². The van der Waals surface area contributed by atoms with Gasteiger partial charge in [0.1, 0.15) is 5.82 Å². The fraction of sp³-hybridized carbons (Fsp3) is 0.333. The topological polar surface area (TPSA) is 41.1 Å². The molecule has 0 radical (unpaired) electrons. The number of hydrogen-bond donors (Lipinski definition) is 1. The van der Waals surface area contributed by atoms with Crippen LogP contribution in [0, 0.1) is 6.92 Å². The van der Waals surface area contributed by atoms with Gasteiger partial charge in [-0.2, -0.15) is 0 Å². The van der Waals surface area contributed by atoms with Crippen LogP contribution in [0.4, 0.5) is 5.82 Å². The molecule has 2 aromatic heterocycles. The number of pyridine rings is 2. The first kappa shape index (κ1) is 13.5. The second-order valence-electron chi connectivity index (χ2n) is 4.72. The molecule has 0 aliphatic rings. The Balaban J connectivity index is 2.16. The summed E-state index contributed by atoms with van der Waals surface area (Å²) in [7, 11) is 4.01. The highest BCUT2D eigenvalue weighted by Crippen LogP contribution is 2.16. The van der Waals surface area contributed by atoms with Crippen LogP contribution >= 0.6 is 0 Å². The van der Waals surface area contributed by atoms with Crippen molar-refractivity contribution in [1.29, 1.82) is 0 Å². The predicted molar refractivity (Wildman–Crippen MR) is 78.1 cm³/mol. The van der Waals surface area contributed by atoms with Crippen molar-refractivity contribution in [2.75, 3.05) is 19.0 Å². The highest BCUT2D eigenvalue weighted by molar-refractivity contribution is 5.42. The van der Waals surface area contributed by atoms with Crippen molar-refractivity contribution in [3.05, 3.63) is 53.5 Å². The molecule has 4 nitrogen and oxygen atoms in total. The molecule has 0 fully saturated rings. The first-order valence-electron chi connectivity index (χ1n) is 6.41. The third-order valence-electron chi connectivity index (χ3n) is 2.91. The van der Waals surface area contributed by atoms with Crippen molar-refractivity contribution in [2.45, 2.75) is 20.0 Å². The second-order valence-corrected chi connectivity index (χ2v) is 4.72. The molecule has 0 aromatic carbocycles. The molecule has 0 saturated carbocycles. The van der Waals surface area contributed by atoms with Crippen molar-refractivity contribution in [3.8, 4) is 0 Å². The molecular formula is C15H20N4. The van der Waals surface area contributed by atoms with Crippen LogP contribution < -0.4 is 10.2 Å². The normalized spacial score (nSPS) is 10.5. The summed E-state index contributed by atoms with van der Waals surface area (Å²) >= 11 is 0. The molecule has 100 valence electrons. The molecule has 19 heavy (non-hydrogen) atoms. The van der Waals surface area contributed by atoms with Crippen molar-refractivity contribution in [3.63, 3.8) is 0 Å². The second kappa shape index (κ2) is 6.29. The SMILES string of the molecule is CNCc1cc(C)nc(N(C)Cc2cccnc2)c1. The molecule has 2 heterocycles. The lowest BCUT2D eigenvalue weighted by molar-refractivity contribution is 0.808. The summed E-state index contributed by atoms with van der Waals surface area (Å²) in [6.45, 7) is 3.70. The van der Waals surface area contributed by atoms with Gasteiger partial charge in [0, 0.05) is 38.2 Å². The van der Waals surface area contributed by atoms with E-state index in [9.17, 15) is 0 Å². The Labute approximate surface area is 114 Å². The molecule has 0 bridgehead atoms. The molecule has 2 aromatic rings. The summed E-state index contributed by atoms with van der Waals surface area (Å²) in [6.07, 6.45) is 3.68. The van der Waals surface area contributed by atoms with E-state index in [1.54, 1.807) is 6.20 Å². The number of anilines is 1. The van der Waals surface area contributed by atoms with E-state index in [2.05, 4.69) is 45.4 Å². The fourth-order valence-corrected chi connectivity index (χ4v) is 2.07. The molecule has 0 atom stereocenters. The zero-order valence-corrected chi connectivity index (χ0v) is 11.7. The summed E-state index contributed by atoms with van der Waals surface area (Å²) in [4.78, 5) is 10.9. The van der Waals surface area contributed by atoms with Gasteiger partial charge >= 0.3 is 0 Å². The number of aromatic nitrogens is 2. The molecular weight excluding hydrogens is 236 g/mol. The molecule has 0 saturated heterocycles. The quantitative estimate of drug-likeness (QED) is 0.890. The van der Waals surface area contributed by atoms with Gasteiger partial charge in [0.15, 0.2) is 0 Å². The minimum atomic E-state index is 0.809. The fourth-order valence-electron chi connectivity index (χ4n) is 2.07. The predicted octanol–water partition coefficient (Wildman–Crippen LogP) is 2.14. The highest BCUT2D eigenvalue weighted by Gasteiger charge is 2.06. The van der Waals surface area contributed by atoms with Crippen LogP contribution in [0.3, 0.4) is 0 Å². The summed E-state index contributed by atoms with van der Waals surface area (Å²) in [5.74, 6) is 0.995. The molecule has 0 aliphatic heterocycles. The number of hydrogen-bond acceptors (Lipinski definition) is 4. The van der Waals surface area contributed by atoms with Gasteiger partial charge in [-0.05, 0) is 43.3 Å². The summed E-state index contributed by atoms with van der Waals surface area (Å²) in [6, 6.07) is 8.27. The molecule has 0 aliphatic carbocycles. The van der Waals surface area contributed by atoms with Crippen molar-refractivity contribution in [2.24, 2.45) is 0 Å². The van der Waals surface area contributed by atoms with E-state index in [1.165, 1.54) is 11.1 Å². The average Bonchev–Trinajstić information content (AvgIpc) is 2.39. The van der Waals surface area contributed by atoms with Crippen LogP contribution in [0.2, 0.25) is 0 Å². The molecule has 2 rings (SSSR count). The lowest BCUT2D eigenvalue weighted by Crippen LogP contribution is -2.19. The molecule has 0 spiro atoms. The zero-order chi connectivity index (χ0) is 13.7. The number of nitrogens with zero attached hydrogens (tertiary/aromatic N) is 3. The van der Waals surface area contributed by atoms with E-state index in [0.717, 1.165) is 24.6 Å². The maximum absolute atomic E-state index is 4.59. The van der Waals surface area contributed by atoms with Gasteiger partial charge in [0.25, 0.3) is 0 Å². The Bertz CT molecular complexity index is 525. The van der Waals surface area contributed by atoms with Crippen molar-refractivity contribution in [1.82, 2.24) is 15.3 Å². The maximum Gasteiger partial charge on any atom is 0.129 e. The Morgan fingerprint density at radius 3 is 2.79 bits per heavy atom. The largest absolute Gasteiger partial charge is 0.355 e. The van der Waals surface area contributed by atoms with Crippen molar-refractivity contribution < 1.29 is 0 Å². The van der Waals surface area contributed by atoms with Gasteiger partial charge in [-0.1, -0.05) is 6.07 Å². The standard InChI is InChI=1S/C15H20N4/c1-12-7-14(9-16-2)8-15(18-12)19(3)11-13-5-4-6-17-10-13/h4-8,10,16H,9,11H2,1-3H3. The van der Waals surface area contributed by atoms with E-state index < -0.39 is 0 Å². The van der Waals surface area contributed by atoms with Crippen LogP contribution in [0.15, 0.2) is 36.7 Å². The van der Waals surface area contributed by atoms with Crippen LogP contribution in [-0.2, 0) is 13.1 Å². The summed E-state index contributed by atoms with van der Waals surface area (Å²) in [5, 5.41) is 3.17. The summed E-state index contributed by atoms with van der Waals surface area (Å²) in [5.41, 5.74) is 3.48. The molecule has 1 N–H and O–H groups in total. The van der Waals surface area contributed by atoms with Crippen LogP contribution in [-0.4, -0.2) is 24.1 Å². The molecule has 0 unspecified atom stereocenters. The van der Waals surface area contributed by atoms with E-state index in [1.807, 2.05) is 26.2 Å². The van der Waals surface area contributed by atoms with Gasteiger partial charge in [0.2, 0.25) is 0 Å². The zero-order valence-electron chi connectivity index (χ0n) is 11.7. The minimum Gasteiger partial charge on any atom is -0.355 e. The summed E-state index contributed by atoms with van der Waals surface area (Å²) < 4.78 is 0. The third-order valence-corrected chi connectivity index (χ3v) is 2.91. The first-order chi connectivity index (χ1) is 9.19. The monoisotopic (exact) mass is 256 g/mol. The van der Waals surface area contributed by atoms with Gasteiger partial charge < -0.3 is 10.2 Å². The third kappa shape index (κ3) is 3.76. The number of rotatable bonds is 5. The van der Waals surface area contributed by atoms with Crippen LogP contribution in [0.1, 0.15) is 16.8 Å². The lowest BCUT2D eigenvalue weighted by Gasteiger charge is -2.19.